The summed E-state index contributed by atoms with van der Waals surface area (Å²) in [4.78, 5) is 14.2. The van der Waals surface area contributed by atoms with E-state index in [9.17, 15) is 9.90 Å². The molecule has 0 radical (unpaired) electrons. The molecule has 0 aromatic rings. The fourth-order valence-electron chi connectivity index (χ4n) is 3.31. The second-order valence-corrected chi connectivity index (χ2v) is 6.46. The number of carboxylic acid groups (broad SMARTS) is 1. The normalized spacial score (nSPS) is 20.3. The maximum absolute atomic E-state index is 11.6. The van der Waals surface area contributed by atoms with Crippen molar-refractivity contribution >= 4 is 5.97 Å². The molecule has 1 atom stereocenters. The molecule has 1 aliphatic rings. The second kappa shape index (κ2) is 9.42. The Morgan fingerprint density at radius 3 is 2.43 bits per heavy atom. The van der Waals surface area contributed by atoms with E-state index in [-0.39, 0.29) is 0 Å². The summed E-state index contributed by atoms with van der Waals surface area (Å²) in [6.45, 7) is 10.5. The van der Waals surface area contributed by atoms with Gasteiger partial charge in [0.05, 0.1) is 0 Å². The molecular weight excluding hydrogens is 264 g/mol. The van der Waals surface area contributed by atoms with Gasteiger partial charge in [0, 0.05) is 0 Å². The summed E-state index contributed by atoms with van der Waals surface area (Å²) in [5.41, 5.74) is -0.724. The summed E-state index contributed by atoms with van der Waals surface area (Å²) >= 11 is 0. The van der Waals surface area contributed by atoms with Crippen LogP contribution in [0.1, 0.15) is 65.7 Å². The second-order valence-electron chi connectivity index (χ2n) is 6.46. The molecule has 1 rings (SSSR count). The van der Waals surface area contributed by atoms with E-state index in [1.54, 1.807) is 0 Å². The quantitative estimate of drug-likeness (QED) is 0.650. The summed E-state index contributed by atoms with van der Waals surface area (Å²) in [5.74, 6) is 0.212. The Bertz CT molecular complexity index is 301. The molecule has 0 aromatic carbocycles. The number of nitrogens with one attached hydrogen (secondary N) is 1. The van der Waals surface area contributed by atoms with Crippen molar-refractivity contribution in [2.75, 3.05) is 26.2 Å². The number of likely N-dealkylation sites (tertiary alicyclic amines) is 1. The number of nitrogens with zero attached hydrogens (tertiary/aromatic N) is 1. The van der Waals surface area contributed by atoms with Crippen molar-refractivity contribution in [3.8, 4) is 0 Å². The molecule has 4 heteroatoms. The van der Waals surface area contributed by atoms with Crippen molar-refractivity contribution in [3.63, 3.8) is 0 Å². The Labute approximate surface area is 130 Å². The van der Waals surface area contributed by atoms with Crippen LogP contribution in [0.25, 0.3) is 0 Å². The number of hydrogen-bond donors (Lipinski definition) is 2. The number of carboxylic acids is 1. The molecule has 0 amide bonds. The first kappa shape index (κ1) is 18.4. The van der Waals surface area contributed by atoms with Crippen LogP contribution in [0.15, 0.2) is 0 Å². The van der Waals surface area contributed by atoms with E-state index < -0.39 is 11.5 Å². The molecule has 0 aliphatic carbocycles. The number of hydrogen-bond acceptors (Lipinski definition) is 3. The highest BCUT2D eigenvalue weighted by Gasteiger charge is 2.35. The Kier molecular flexibility index (Phi) is 8.27. The predicted molar refractivity (Wildman–Crippen MR) is 87.6 cm³/mol. The third kappa shape index (κ3) is 5.59. The molecule has 1 unspecified atom stereocenters. The van der Waals surface area contributed by atoms with Crippen LogP contribution in [0, 0.1) is 5.92 Å². The molecule has 1 fully saturated rings. The average Bonchev–Trinajstić information content (AvgIpc) is 2.51. The minimum Gasteiger partial charge on any atom is -0.480 e. The summed E-state index contributed by atoms with van der Waals surface area (Å²) in [7, 11) is 0. The molecule has 0 saturated carbocycles. The first-order chi connectivity index (χ1) is 10.1. The van der Waals surface area contributed by atoms with Gasteiger partial charge in [0.1, 0.15) is 5.54 Å². The van der Waals surface area contributed by atoms with Crippen molar-refractivity contribution < 1.29 is 9.90 Å². The van der Waals surface area contributed by atoms with Crippen LogP contribution in [-0.2, 0) is 4.79 Å². The Morgan fingerprint density at radius 2 is 1.95 bits per heavy atom. The Hall–Kier alpha value is -0.610. The molecule has 1 aliphatic heterocycles. The fourth-order valence-corrected chi connectivity index (χ4v) is 3.31. The Morgan fingerprint density at radius 1 is 1.29 bits per heavy atom. The number of carbonyl (C=O) groups is 1. The lowest BCUT2D eigenvalue weighted by Gasteiger charge is -2.33. The third-order valence-corrected chi connectivity index (χ3v) is 5.09. The van der Waals surface area contributed by atoms with Crippen LogP contribution < -0.4 is 5.32 Å². The van der Waals surface area contributed by atoms with E-state index >= 15 is 0 Å². The lowest BCUT2D eigenvalue weighted by atomic mass is 9.89. The van der Waals surface area contributed by atoms with E-state index in [0.29, 0.717) is 6.42 Å². The maximum atomic E-state index is 11.6. The highest BCUT2D eigenvalue weighted by molar-refractivity contribution is 5.78. The van der Waals surface area contributed by atoms with Gasteiger partial charge in [-0.3, -0.25) is 4.79 Å². The monoisotopic (exact) mass is 298 g/mol. The van der Waals surface area contributed by atoms with Gasteiger partial charge in [0.25, 0.3) is 0 Å². The number of aliphatic carboxylic acids is 1. The van der Waals surface area contributed by atoms with E-state index in [0.717, 1.165) is 38.3 Å². The van der Waals surface area contributed by atoms with E-state index in [1.807, 2.05) is 6.92 Å². The first-order valence-electron chi connectivity index (χ1n) is 8.78. The minimum atomic E-state index is -0.724. The van der Waals surface area contributed by atoms with Gasteiger partial charge in [0.15, 0.2) is 0 Å². The molecule has 124 valence electrons. The van der Waals surface area contributed by atoms with Crippen LogP contribution >= 0.6 is 0 Å². The summed E-state index contributed by atoms with van der Waals surface area (Å²) in [6, 6.07) is 0. The summed E-state index contributed by atoms with van der Waals surface area (Å²) in [6.07, 6.45) is 7.23. The fraction of sp³-hybridized carbons (Fsp3) is 0.941. The maximum Gasteiger partial charge on any atom is 0.323 e. The smallest absolute Gasteiger partial charge is 0.323 e. The zero-order chi connectivity index (χ0) is 15.7. The van der Waals surface area contributed by atoms with E-state index in [2.05, 4.69) is 24.1 Å². The number of piperidine rings is 1. The molecule has 0 spiro atoms. The highest BCUT2D eigenvalue weighted by atomic mass is 16.4. The van der Waals surface area contributed by atoms with Gasteiger partial charge in [-0.05, 0) is 70.6 Å². The van der Waals surface area contributed by atoms with E-state index in [1.165, 1.54) is 32.4 Å². The van der Waals surface area contributed by atoms with Crippen LogP contribution in [0.3, 0.4) is 0 Å². The number of rotatable bonds is 10. The van der Waals surface area contributed by atoms with Crippen LogP contribution in [0.2, 0.25) is 0 Å². The molecule has 21 heavy (non-hydrogen) atoms. The third-order valence-electron chi connectivity index (χ3n) is 5.09. The molecule has 0 bridgehead atoms. The SMILES string of the molecule is CCCNC(CC)(CCCN1CCC(CC)CC1)C(=O)O. The molecule has 1 saturated heterocycles. The zero-order valence-electron chi connectivity index (χ0n) is 14.2. The van der Waals surface area contributed by atoms with Crippen LogP contribution in [0.4, 0.5) is 0 Å². The molecular formula is C17H34N2O2. The molecule has 0 aromatic heterocycles. The van der Waals surface area contributed by atoms with Crippen LogP contribution in [0.5, 0.6) is 0 Å². The Balaban J connectivity index is 2.38. The van der Waals surface area contributed by atoms with Gasteiger partial charge >= 0.3 is 5.97 Å². The van der Waals surface area contributed by atoms with Gasteiger partial charge in [-0.15, -0.1) is 0 Å². The average molecular weight is 298 g/mol. The van der Waals surface area contributed by atoms with Crippen molar-refractivity contribution in [2.24, 2.45) is 5.92 Å². The van der Waals surface area contributed by atoms with Gasteiger partial charge in [-0.1, -0.05) is 27.2 Å². The topological polar surface area (TPSA) is 52.6 Å². The van der Waals surface area contributed by atoms with Crippen molar-refractivity contribution in [1.82, 2.24) is 10.2 Å². The first-order valence-corrected chi connectivity index (χ1v) is 8.78. The van der Waals surface area contributed by atoms with Crippen LogP contribution in [-0.4, -0.2) is 47.7 Å². The molecule has 1 heterocycles. The zero-order valence-corrected chi connectivity index (χ0v) is 14.2. The molecule has 2 N–H and O–H groups in total. The van der Waals surface area contributed by atoms with Crippen molar-refractivity contribution in [2.45, 2.75) is 71.3 Å². The van der Waals surface area contributed by atoms with Gasteiger partial charge in [-0.25, -0.2) is 0 Å². The minimum absolute atomic E-state index is 0.653. The van der Waals surface area contributed by atoms with Crippen molar-refractivity contribution in [1.29, 1.82) is 0 Å². The van der Waals surface area contributed by atoms with Crippen molar-refractivity contribution in [3.05, 3.63) is 0 Å². The lowest BCUT2D eigenvalue weighted by Crippen LogP contribution is -2.52. The molecule has 4 nitrogen and oxygen atoms in total. The largest absolute Gasteiger partial charge is 0.480 e. The summed E-state index contributed by atoms with van der Waals surface area (Å²) < 4.78 is 0. The summed E-state index contributed by atoms with van der Waals surface area (Å²) in [5, 5.41) is 12.8. The van der Waals surface area contributed by atoms with Gasteiger partial charge < -0.3 is 15.3 Å². The highest BCUT2D eigenvalue weighted by Crippen LogP contribution is 2.22. The van der Waals surface area contributed by atoms with E-state index in [4.69, 9.17) is 0 Å². The lowest BCUT2D eigenvalue weighted by molar-refractivity contribution is -0.145. The van der Waals surface area contributed by atoms with Gasteiger partial charge in [0.2, 0.25) is 0 Å². The van der Waals surface area contributed by atoms with Gasteiger partial charge in [-0.2, -0.15) is 0 Å². The predicted octanol–water partition coefficient (Wildman–Crippen LogP) is 3.12. The standard InChI is InChI=1S/C17H34N2O2/c1-4-11-18-17(6-3,16(20)21)10-7-12-19-13-8-15(5-2)9-14-19/h15,18H,4-14H2,1-3H3,(H,20,21).